The third-order valence-corrected chi connectivity index (χ3v) is 4.61. The van der Waals surface area contributed by atoms with Gasteiger partial charge in [-0.1, -0.05) is 55.1 Å². The molecule has 4 heteroatoms. The molecule has 0 aliphatic rings. The third kappa shape index (κ3) is 3.60. The van der Waals surface area contributed by atoms with E-state index in [-0.39, 0.29) is 0 Å². The summed E-state index contributed by atoms with van der Waals surface area (Å²) in [6.07, 6.45) is 3.81. The summed E-state index contributed by atoms with van der Waals surface area (Å²) in [7, 11) is 0. The van der Waals surface area contributed by atoms with Crippen molar-refractivity contribution >= 4 is 28.5 Å². The lowest BCUT2D eigenvalue weighted by Gasteiger charge is -2.10. The van der Waals surface area contributed by atoms with Gasteiger partial charge in [0.15, 0.2) is 0 Å². The second kappa shape index (κ2) is 7.73. The second-order valence-corrected chi connectivity index (χ2v) is 6.44. The van der Waals surface area contributed by atoms with Crippen LogP contribution < -0.4 is 5.32 Å². The van der Waals surface area contributed by atoms with Crippen molar-refractivity contribution in [2.75, 3.05) is 5.32 Å². The van der Waals surface area contributed by atoms with Gasteiger partial charge < -0.3 is 5.32 Å². The molecule has 4 nitrogen and oxygen atoms in total. The van der Waals surface area contributed by atoms with Crippen LogP contribution in [0, 0.1) is 11.3 Å². The van der Waals surface area contributed by atoms with Gasteiger partial charge in [-0.2, -0.15) is 5.26 Å². The summed E-state index contributed by atoms with van der Waals surface area (Å²) in [5, 5.41) is 13.1. The molecule has 134 valence electrons. The van der Waals surface area contributed by atoms with Crippen molar-refractivity contribution in [1.29, 1.82) is 5.26 Å². The molecule has 0 amide bonds. The minimum Gasteiger partial charge on any atom is -0.340 e. The van der Waals surface area contributed by atoms with E-state index in [9.17, 15) is 0 Å². The van der Waals surface area contributed by atoms with Crippen molar-refractivity contribution in [3.05, 3.63) is 90.8 Å². The molecular weight excluding hydrogens is 344 g/mol. The first-order valence-corrected chi connectivity index (χ1v) is 8.97. The molecule has 0 unspecified atom stereocenters. The number of nitrogens with zero attached hydrogens (tertiary/aromatic N) is 3. The van der Waals surface area contributed by atoms with E-state index in [1.807, 2.05) is 36.4 Å². The quantitative estimate of drug-likeness (QED) is 0.491. The lowest BCUT2D eigenvalue weighted by molar-refractivity contribution is 1.21. The molecule has 0 atom stereocenters. The molecular formula is C24H18N4. The molecule has 4 aromatic rings. The zero-order valence-electron chi connectivity index (χ0n) is 15.3. The Morgan fingerprint density at radius 3 is 2.39 bits per heavy atom. The Kier molecular flexibility index (Phi) is 4.81. The van der Waals surface area contributed by atoms with E-state index in [0.29, 0.717) is 6.42 Å². The highest BCUT2D eigenvalue weighted by Crippen LogP contribution is 2.29. The number of aromatic nitrogens is 2. The maximum absolute atomic E-state index is 8.80. The minimum absolute atomic E-state index is 0.407. The van der Waals surface area contributed by atoms with Crippen molar-refractivity contribution in [2.45, 2.75) is 6.42 Å². The molecule has 0 saturated heterocycles. The van der Waals surface area contributed by atoms with Gasteiger partial charge in [0.25, 0.3) is 0 Å². The van der Waals surface area contributed by atoms with Gasteiger partial charge in [0.05, 0.1) is 18.0 Å². The highest BCUT2D eigenvalue weighted by molar-refractivity contribution is 5.93. The third-order valence-electron chi connectivity index (χ3n) is 4.61. The number of nitriles is 1. The van der Waals surface area contributed by atoms with E-state index in [1.54, 1.807) is 6.33 Å². The highest BCUT2D eigenvalue weighted by Gasteiger charge is 2.07. The van der Waals surface area contributed by atoms with Crippen LogP contribution in [0.5, 0.6) is 0 Å². The van der Waals surface area contributed by atoms with Crippen LogP contribution >= 0.6 is 0 Å². The maximum atomic E-state index is 8.80. The number of hydrogen-bond acceptors (Lipinski definition) is 4. The number of nitrogens with one attached hydrogen (secondary N) is 1. The molecule has 1 aromatic heterocycles. The van der Waals surface area contributed by atoms with Gasteiger partial charge in [0.1, 0.15) is 12.1 Å². The molecule has 0 spiro atoms. The SMILES string of the molecule is C=Cc1ccc(-c2ccc3ncnc(Nc4ccc(CC#N)cc4)c3c2)cc1. The summed E-state index contributed by atoms with van der Waals surface area (Å²) >= 11 is 0. The fraction of sp³-hybridized carbons (Fsp3) is 0.0417. The van der Waals surface area contributed by atoms with Gasteiger partial charge in [0, 0.05) is 11.1 Å². The summed E-state index contributed by atoms with van der Waals surface area (Å²) < 4.78 is 0. The van der Waals surface area contributed by atoms with E-state index < -0.39 is 0 Å². The first kappa shape index (κ1) is 17.4. The van der Waals surface area contributed by atoms with Crippen LogP contribution in [0.2, 0.25) is 0 Å². The van der Waals surface area contributed by atoms with Gasteiger partial charge in [-0.3, -0.25) is 0 Å². The number of hydrogen-bond donors (Lipinski definition) is 1. The smallest absolute Gasteiger partial charge is 0.141 e. The minimum atomic E-state index is 0.407. The predicted molar refractivity (Wildman–Crippen MR) is 114 cm³/mol. The average molecular weight is 362 g/mol. The maximum Gasteiger partial charge on any atom is 0.141 e. The standard InChI is InChI=1S/C24H18N4/c1-2-17-3-7-19(8-4-17)20-9-12-23-22(15-20)24(27-16-26-23)28-21-10-5-18(6-11-21)13-14-25/h2-12,15-16H,1,13H2,(H,26,27,28). The number of benzene rings is 3. The van der Waals surface area contributed by atoms with Crippen LogP contribution in [0.25, 0.3) is 28.1 Å². The van der Waals surface area contributed by atoms with Crippen molar-refractivity contribution < 1.29 is 0 Å². The van der Waals surface area contributed by atoms with E-state index in [0.717, 1.165) is 44.7 Å². The van der Waals surface area contributed by atoms with Crippen molar-refractivity contribution in [3.63, 3.8) is 0 Å². The Bertz CT molecular complexity index is 1170. The van der Waals surface area contributed by atoms with Crippen LogP contribution in [0.3, 0.4) is 0 Å². The van der Waals surface area contributed by atoms with E-state index >= 15 is 0 Å². The summed E-state index contributed by atoms with van der Waals surface area (Å²) in [5.74, 6) is 0.752. The molecule has 0 bridgehead atoms. The highest BCUT2D eigenvalue weighted by atomic mass is 15.0. The van der Waals surface area contributed by atoms with Crippen LogP contribution in [0.15, 0.2) is 79.6 Å². The fourth-order valence-corrected chi connectivity index (χ4v) is 3.08. The molecule has 4 rings (SSSR count). The largest absolute Gasteiger partial charge is 0.340 e. The molecule has 0 aliphatic carbocycles. The first-order chi connectivity index (χ1) is 13.8. The molecule has 0 saturated carbocycles. The Balaban J connectivity index is 1.70. The Labute approximate surface area is 163 Å². The molecule has 1 heterocycles. The number of rotatable bonds is 5. The Morgan fingerprint density at radius 2 is 1.68 bits per heavy atom. The van der Waals surface area contributed by atoms with Gasteiger partial charge in [-0.25, -0.2) is 9.97 Å². The van der Waals surface area contributed by atoms with Gasteiger partial charge in [0.2, 0.25) is 0 Å². The Hall–Kier alpha value is -3.97. The fourth-order valence-electron chi connectivity index (χ4n) is 3.08. The van der Waals surface area contributed by atoms with E-state index in [2.05, 4.69) is 64.3 Å². The van der Waals surface area contributed by atoms with Crippen LogP contribution in [-0.4, -0.2) is 9.97 Å². The van der Waals surface area contributed by atoms with Crippen molar-refractivity contribution in [3.8, 4) is 17.2 Å². The summed E-state index contributed by atoms with van der Waals surface area (Å²) in [6.45, 7) is 3.80. The zero-order valence-corrected chi connectivity index (χ0v) is 15.3. The zero-order chi connectivity index (χ0) is 19.3. The summed E-state index contributed by atoms with van der Waals surface area (Å²) in [6, 6.07) is 24.4. The van der Waals surface area contributed by atoms with Gasteiger partial charge in [-0.05, 0) is 46.5 Å². The monoisotopic (exact) mass is 362 g/mol. The molecule has 0 radical (unpaired) electrons. The molecule has 28 heavy (non-hydrogen) atoms. The molecule has 1 N–H and O–H groups in total. The van der Waals surface area contributed by atoms with Gasteiger partial charge in [-0.15, -0.1) is 0 Å². The lowest BCUT2D eigenvalue weighted by Crippen LogP contribution is -1.96. The first-order valence-electron chi connectivity index (χ1n) is 8.97. The van der Waals surface area contributed by atoms with Crippen LogP contribution in [-0.2, 0) is 6.42 Å². The van der Waals surface area contributed by atoms with E-state index in [4.69, 9.17) is 5.26 Å². The molecule has 0 fully saturated rings. The predicted octanol–water partition coefficient (Wildman–Crippen LogP) is 5.75. The topological polar surface area (TPSA) is 61.6 Å². The normalized spacial score (nSPS) is 10.4. The van der Waals surface area contributed by atoms with Crippen molar-refractivity contribution in [2.24, 2.45) is 0 Å². The number of fused-ring (bicyclic) bond motifs is 1. The number of anilines is 2. The summed E-state index contributed by atoms with van der Waals surface area (Å²) in [4.78, 5) is 8.82. The lowest BCUT2D eigenvalue weighted by atomic mass is 10.0. The van der Waals surface area contributed by atoms with Crippen LogP contribution in [0.4, 0.5) is 11.5 Å². The van der Waals surface area contributed by atoms with Crippen molar-refractivity contribution in [1.82, 2.24) is 9.97 Å². The Morgan fingerprint density at radius 1 is 0.929 bits per heavy atom. The second-order valence-electron chi connectivity index (χ2n) is 6.44. The van der Waals surface area contributed by atoms with Gasteiger partial charge >= 0.3 is 0 Å². The summed E-state index contributed by atoms with van der Waals surface area (Å²) in [5.41, 5.74) is 6.11. The van der Waals surface area contributed by atoms with Crippen LogP contribution in [0.1, 0.15) is 11.1 Å². The molecule has 3 aromatic carbocycles. The van der Waals surface area contributed by atoms with E-state index in [1.165, 1.54) is 0 Å². The average Bonchev–Trinajstić information content (AvgIpc) is 2.75. The molecule has 0 aliphatic heterocycles.